The van der Waals surface area contributed by atoms with Crippen molar-refractivity contribution in [2.75, 3.05) is 32.8 Å². The summed E-state index contributed by atoms with van der Waals surface area (Å²) in [5.74, 6) is 0. The van der Waals surface area contributed by atoms with E-state index in [1.165, 1.54) is 0 Å². The van der Waals surface area contributed by atoms with Crippen LogP contribution in [0.15, 0.2) is 12.5 Å². The van der Waals surface area contributed by atoms with Crippen molar-refractivity contribution in [1.29, 1.82) is 0 Å². The molecule has 5 nitrogen and oxygen atoms in total. The van der Waals surface area contributed by atoms with Crippen LogP contribution in [0.5, 0.6) is 0 Å². The maximum absolute atomic E-state index is 4.85. The molecular weight excluding hydrogens is 156 g/mol. The molecule has 2 heterocycles. The normalized spacial score (nSPS) is 24.5. The Labute approximate surface area is 71.9 Å². The van der Waals surface area contributed by atoms with Crippen LogP contribution in [-0.4, -0.2) is 42.8 Å². The zero-order valence-electron chi connectivity index (χ0n) is 6.99. The van der Waals surface area contributed by atoms with Crippen LogP contribution >= 0.6 is 0 Å². The van der Waals surface area contributed by atoms with Crippen LogP contribution in [0.4, 0.5) is 0 Å². The Morgan fingerprint density at radius 3 is 2.83 bits per heavy atom. The second-order valence-corrected chi connectivity index (χ2v) is 2.97. The lowest BCUT2D eigenvalue weighted by Crippen LogP contribution is -2.48. The molecule has 5 heteroatoms. The lowest BCUT2D eigenvalue weighted by Gasteiger charge is -2.30. The maximum atomic E-state index is 4.85. The van der Waals surface area contributed by atoms with E-state index < -0.39 is 0 Å². The average molecular weight is 170 g/mol. The number of rotatable bonds is 2. The summed E-state index contributed by atoms with van der Waals surface area (Å²) >= 11 is 0. The molecule has 0 bridgehead atoms. The van der Waals surface area contributed by atoms with Crippen LogP contribution < -0.4 is 10.9 Å². The van der Waals surface area contributed by atoms with Gasteiger partial charge in [-0.05, 0) is 0 Å². The fourth-order valence-corrected chi connectivity index (χ4v) is 1.38. The minimum atomic E-state index is 0.887. The molecule has 0 spiro atoms. The van der Waals surface area contributed by atoms with Gasteiger partial charge in [0.25, 0.3) is 0 Å². The third-order valence-corrected chi connectivity index (χ3v) is 2.04. The quantitative estimate of drug-likeness (QED) is 0.560. The molecule has 0 atom stereocenters. The minimum Gasteiger partial charge on any atom is -0.395 e. The first-order valence-corrected chi connectivity index (χ1v) is 4.23. The SMILES string of the molecule is C1=CN(CN2CCNCC2)NO1. The fourth-order valence-electron chi connectivity index (χ4n) is 1.38. The topological polar surface area (TPSA) is 39.8 Å². The van der Waals surface area contributed by atoms with E-state index in [2.05, 4.69) is 15.8 Å². The molecule has 0 radical (unpaired) electrons. The summed E-state index contributed by atoms with van der Waals surface area (Å²) in [4.78, 5) is 7.22. The van der Waals surface area contributed by atoms with E-state index in [4.69, 9.17) is 4.84 Å². The van der Waals surface area contributed by atoms with Crippen LogP contribution in [0.25, 0.3) is 0 Å². The molecule has 2 rings (SSSR count). The van der Waals surface area contributed by atoms with Gasteiger partial charge in [0.1, 0.15) is 6.26 Å². The number of nitrogens with one attached hydrogen (secondary N) is 2. The molecule has 0 unspecified atom stereocenters. The predicted octanol–water partition coefficient (Wildman–Crippen LogP) is -0.928. The van der Waals surface area contributed by atoms with Crippen molar-refractivity contribution in [2.24, 2.45) is 0 Å². The summed E-state index contributed by atoms with van der Waals surface area (Å²) in [6.45, 7) is 5.26. The molecule has 0 aromatic rings. The Balaban J connectivity index is 1.73. The Kier molecular flexibility index (Phi) is 2.45. The summed E-state index contributed by atoms with van der Waals surface area (Å²) in [6, 6.07) is 0. The molecule has 0 aromatic heterocycles. The third-order valence-electron chi connectivity index (χ3n) is 2.04. The lowest BCUT2D eigenvalue weighted by molar-refractivity contribution is 0.000529. The highest BCUT2D eigenvalue weighted by Gasteiger charge is 2.13. The molecule has 0 aromatic carbocycles. The van der Waals surface area contributed by atoms with Crippen molar-refractivity contribution >= 4 is 0 Å². The Morgan fingerprint density at radius 1 is 1.33 bits per heavy atom. The van der Waals surface area contributed by atoms with Gasteiger partial charge >= 0.3 is 0 Å². The molecule has 0 aliphatic carbocycles. The smallest absolute Gasteiger partial charge is 0.131 e. The van der Waals surface area contributed by atoms with Crippen molar-refractivity contribution in [3.8, 4) is 0 Å². The standard InChI is InChI=1S/C7H14N4O/c1-3-10(4-2-8-1)7-11-5-6-12-9-11/h5-6,8-9H,1-4,7H2. The first-order chi connectivity index (χ1) is 5.95. The van der Waals surface area contributed by atoms with Gasteiger partial charge in [0.05, 0.1) is 12.9 Å². The second-order valence-electron chi connectivity index (χ2n) is 2.97. The maximum Gasteiger partial charge on any atom is 0.131 e. The Bertz CT molecular complexity index is 167. The minimum absolute atomic E-state index is 0.887. The van der Waals surface area contributed by atoms with Gasteiger partial charge in [-0.3, -0.25) is 9.91 Å². The van der Waals surface area contributed by atoms with E-state index >= 15 is 0 Å². The van der Waals surface area contributed by atoms with E-state index in [9.17, 15) is 0 Å². The number of hydrazine groups is 1. The third kappa shape index (κ3) is 1.88. The summed E-state index contributed by atoms with van der Waals surface area (Å²) in [5.41, 5.74) is 2.76. The van der Waals surface area contributed by atoms with Crippen molar-refractivity contribution in [1.82, 2.24) is 20.8 Å². The molecule has 0 amide bonds. The van der Waals surface area contributed by atoms with Gasteiger partial charge in [0.2, 0.25) is 0 Å². The number of piperazine rings is 1. The molecule has 2 aliphatic rings. The lowest BCUT2D eigenvalue weighted by atomic mass is 10.4. The van der Waals surface area contributed by atoms with Gasteiger partial charge in [-0.15, -0.1) is 0 Å². The van der Waals surface area contributed by atoms with Crippen molar-refractivity contribution < 1.29 is 4.84 Å². The fraction of sp³-hybridized carbons (Fsp3) is 0.714. The highest BCUT2D eigenvalue weighted by Crippen LogP contribution is 1.98. The van der Waals surface area contributed by atoms with Gasteiger partial charge in [-0.2, -0.15) is 0 Å². The van der Waals surface area contributed by atoms with E-state index in [1.807, 2.05) is 11.2 Å². The van der Waals surface area contributed by atoms with Crippen molar-refractivity contribution in [3.05, 3.63) is 12.5 Å². The molecule has 1 saturated heterocycles. The molecule has 2 N–H and O–H groups in total. The molecular formula is C7H14N4O. The van der Waals surface area contributed by atoms with E-state index in [1.54, 1.807) is 6.26 Å². The molecule has 1 fully saturated rings. The largest absolute Gasteiger partial charge is 0.395 e. The van der Waals surface area contributed by atoms with Crippen LogP contribution in [-0.2, 0) is 4.84 Å². The highest BCUT2D eigenvalue weighted by molar-refractivity contribution is 4.77. The van der Waals surface area contributed by atoms with Crippen molar-refractivity contribution in [2.45, 2.75) is 0 Å². The first kappa shape index (κ1) is 7.85. The Morgan fingerprint density at radius 2 is 2.17 bits per heavy atom. The Hall–Kier alpha value is -0.780. The van der Waals surface area contributed by atoms with E-state index in [0.717, 1.165) is 32.8 Å². The van der Waals surface area contributed by atoms with E-state index in [0.29, 0.717) is 0 Å². The zero-order chi connectivity index (χ0) is 8.23. The van der Waals surface area contributed by atoms with Crippen LogP contribution in [0, 0.1) is 0 Å². The molecule has 68 valence electrons. The summed E-state index contributed by atoms with van der Waals surface area (Å²) in [5, 5.41) is 5.23. The van der Waals surface area contributed by atoms with Gasteiger partial charge in [-0.25, -0.2) is 0 Å². The number of nitrogens with zero attached hydrogens (tertiary/aromatic N) is 2. The van der Waals surface area contributed by atoms with Gasteiger partial charge < -0.3 is 10.2 Å². The average Bonchev–Trinajstić information content (AvgIpc) is 2.59. The molecule has 2 aliphatic heterocycles. The highest BCUT2D eigenvalue weighted by atomic mass is 16.7. The zero-order valence-corrected chi connectivity index (χ0v) is 6.99. The van der Waals surface area contributed by atoms with E-state index in [-0.39, 0.29) is 0 Å². The van der Waals surface area contributed by atoms with Gasteiger partial charge in [-0.1, -0.05) is 5.59 Å². The number of hydrogen-bond acceptors (Lipinski definition) is 5. The first-order valence-electron chi connectivity index (χ1n) is 4.23. The summed E-state index contributed by atoms with van der Waals surface area (Å²) in [6.07, 6.45) is 3.53. The molecule has 12 heavy (non-hydrogen) atoms. The predicted molar refractivity (Wildman–Crippen MR) is 44.5 cm³/mol. The monoisotopic (exact) mass is 170 g/mol. The summed E-state index contributed by atoms with van der Waals surface area (Å²) in [7, 11) is 0. The summed E-state index contributed by atoms with van der Waals surface area (Å²) < 4.78 is 0. The van der Waals surface area contributed by atoms with Gasteiger partial charge in [0.15, 0.2) is 0 Å². The van der Waals surface area contributed by atoms with Crippen LogP contribution in [0.1, 0.15) is 0 Å². The van der Waals surface area contributed by atoms with Gasteiger partial charge in [0, 0.05) is 26.2 Å². The van der Waals surface area contributed by atoms with Crippen molar-refractivity contribution in [3.63, 3.8) is 0 Å². The second kappa shape index (κ2) is 3.75. The molecule has 0 saturated carbocycles. The van der Waals surface area contributed by atoms with Crippen LogP contribution in [0.2, 0.25) is 0 Å². The van der Waals surface area contributed by atoms with Crippen LogP contribution in [0.3, 0.4) is 0 Å². The number of hydrogen-bond donors (Lipinski definition) is 2.